The first-order valence-electron chi connectivity index (χ1n) is 5.86. The highest BCUT2D eigenvalue weighted by molar-refractivity contribution is 5.63. The molecule has 0 aromatic carbocycles. The molecule has 0 saturated carbocycles. The van der Waals surface area contributed by atoms with E-state index in [2.05, 4.69) is 11.1 Å². The molecule has 90 valence electrons. The van der Waals surface area contributed by atoms with Gasteiger partial charge in [0, 0.05) is 12.8 Å². The van der Waals surface area contributed by atoms with E-state index in [1.165, 1.54) is 12.3 Å². The van der Waals surface area contributed by atoms with Crippen LogP contribution in [0, 0.1) is 5.82 Å². The van der Waals surface area contributed by atoms with Gasteiger partial charge in [-0.25, -0.2) is 4.39 Å². The van der Waals surface area contributed by atoms with Crippen molar-refractivity contribution in [2.24, 2.45) is 0 Å². The molecule has 4 heteroatoms. The van der Waals surface area contributed by atoms with Crippen molar-refractivity contribution in [2.45, 2.75) is 25.0 Å². The van der Waals surface area contributed by atoms with Gasteiger partial charge >= 0.3 is 0 Å². The van der Waals surface area contributed by atoms with Gasteiger partial charge in [-0.05, 0) is 24.1 Å². The number of pyridine rings is 1. The lowest BCUT2D eigenvalue weighted by Crippen LogP contribution is -2.31. The number of nitrogens with zero attached hydrogens (tertiary/aromatic N) is 1. The topological polar surface area (TPSA) is 31.4 Å². The van der Waals surface area contributed by atoms with Crippen LogP contribution in [0.2, 0.25) is 0 Å². The lowest BCUT2D eigenvalue weighted by atomic mass is 9.92. The molecule has 2 heterocycles. The zero-order valence-electron chi connectivity index (χ0n) is 9.49. The maximum absolute atomic E-state index is 12.8. The minimum Gasteiger partial charge on any atom is -0.347 e. The SMILES string of the molecule is Fc1ccc(C2=CCC3(CC2)OCCO3)nc1. The second-order valence-electron chi connectivity index (χ2n) is 4.40. The van der Waals surface area contributed by atoms with Crippen LogP contribution in [0.15, 0.2) is 24.4 Å². The van der Waals surface area contributed by atoms with Crippen molar-refractivity contribution >= 4 is 5.57 Å². The number of ether oxygens (including phenoxy) is 2. The van der Waals surface area contributed by atoms with Crippen LogP contribution in [0.5, 0.6) is 0 Å². The predicted octanol–water partition coefficient (Wildman–Crippen LogP) is 2.53. The fraction of sp³-hybridized carbons (Fsp3) is 0.462. The Morgan fingerprint density at radius 1 is 1.24 bits per heavy atom. The van der Waals surface area contributed by atoms with Gasteiger partial charge in [0.2, 0.25) is 0 Å². The third-order valence-electron chi connectivity index (χ3n) is 3.30. The number of hydrogen-bond acceptors (Lipinski definition) is 3. The minimum atomic E-state index is -0.399. The molecule has 0 bridgehead atoms. The first-order valence-corrected chi connectivity index (χ1v) is 5.86. The van der Waals surface area contributed by atoms with E-state index in [1.807, 2.05) is 0 Å². The molecule has 0 amide bonds. The standard InChI is InChI=1S/C13H14FNO2/c14-11-1-2-12(15-9-11)10-3-5-13(6-4-10)16-7-8-17-13/h1-3,9H,4-8H2. The van der Waals surface area contributed by atoms with Crippen LogP contribution in [0.4, 0.5) is 4.39 Å². The van der Waals surface area contributed by atoms with Crippen molar-refractivity contribution in [1.82, 2.24) is 4.98 Å². The molecule has 1 saturated heterocycles. The molecule has 0 radical (unpaired) electrons. The summed E-state index contributed by atoms with van der Waals surface area (Å²) in [5.41, 5.74) is 1.99. The molecule has 1 aromatic heterocycles. The largest absolute Gasteiger partial charge is 0.347 e. The molecule has 2 aliphatic rings. The highest BCUT2D eigenvalue weighted by Gasteiger charge is 2.37. The summed E-state index contributed by atoms with van der Waals surface area (Å²) >= 11 is 0. The summed E-state index contributed by atoms with van der Waals surface area (Å²) in [6.07, 6.45) is 5.80. The summed E-state index contributed by atoms with van der Waals surface area (Å²) in [7, 11) is 0. The third-order valence-corrected chi connectivity index (χ3v) is 3.30. The van der Waals surface area contributed by atoms with Gasteiger partial charge in [0.1, 0.15) is 5.82 Å². The van der Waals surface area contributed by atoms with Gasteiger partial charge in [-0.3, -0.25) is 4.98 Å². The Morgan fingerprint density at radius 2 is 2.06 bits per heavy atom. The molecular formula is C13H14FNO2. The Balaban J connectivity index is 1.78. The molecule has 1 fully saturated rings. The lowest BCUT2D eigenvalue weighted by molar-refractivity contribution is -0.159. The second kappa shape index (κ2) is 4.20. The summed E-state index contributed by atoms with van der Waals surface area (Å²) in [5.74, 6) is -0.701. The zero-order valence-corrected chi connectivity index (χ0v) is 9.49. The zero-order chi connectivity index (χ0) is 11.7. The summed E-state index contributed by atoms with van der Waals surface area (Å²) in [4.78, 5) is 4.09. The van der Waals surface area contributed by atoms with Crippen molar-refractivity contribution in [1.29, 1.82) is 0 Å². The minimum absolute atomic E-state index is 0.302. The Kier molecular flexibility index (Phi) is 2.68. The average Bonchev–Trinajstić information content (AvgIpc) is 2.80. The maximum atomic E-state index is 12.8. The van der Waals surface area contributed by atoms with E-state index in [4.69, 9.17) is 9.47 Å². The fourth-order valence-corrected chi connectivity index (χ4v) is 2.37. The summed E-state index contributed by atoms with van der Waals surface area (Å²) < 4.78 is 24.0. The molecule has 0 atom stereocenters. The smallest absolute Gasteiger partial charge is 0.172 e. The van der Waals surface area contributed by atoms with Gasteiger partial charge in [-0.15, -0.1) is 0 Å². The van der Waals surface area contributed by atoms with E-state index < -0.39 is 5.79 Å². The predicted molar refractivity (Wildman–Crippen MR) is 60.7 cm³/mol. The molecule has 17 heavy (non-hydrogen) atoms. The van der Waals surface area contributed by atoms with Gasteiger partial charge in [-0.2, -0.15) is 0 Å². The van der Waals surface area contributed by atoms with Crippen LogP contribution in [0.3, 0.4) is 0 Å². The molecule has 1 aromatic rings. The van der Waals surface area contributed by atoms with E-state index in [9.17, 15) is 4.39 Å². The van der Waals surface area contributed by atoms with E-state index in [-0.39, 0.29) is 5.82 Å². The Labute approximate surface area is 99.3 Å². The average molecular weight is 235 g/mol. The van der Waals surface area contributed by atoms with E-state index in [1.54, 1.807) is 6.07 Å². The highest BCUT2D eigenvalue weighted by Crippen LogP contribution is 2.37. The molecule has 3 nitrogen and oxygen atoms in total. The number of rotatable bonds is 1. The maximum Gasteiger partial charge on any atom is 0.172 e. The molecule has 1 spiro atoms. The van der Waals surface area contributed by atoms with Gasteiger partial charge < -0.3 is 9.47 Å². The molecule has 0 N–H and O–H groups in total. The van der Waals surface area contributed by atoms with Crippen molar-refractivity contribution < 1.29 is 13.9 Å². The Hall–Kier alpha value is -1.26. The van der Waals surface area contributed by atoms with Crippen LogP contribution in [-0.4, -0.2) is 24.0 Å². The third kappa shape index (κ3) is 2.10. The second-order valence-corrected chi connectivity index (χ2v) is 4.40. The first-order chi connectivity index (χ1) is 8.27. The van der Waals surface area contributed by atoms with Crippen LogP contribution in [0.25, 0.3) is 5.57 Å². The quantitative estimate of drug-likeness (QED) is 0.749. The fourth-order valence-electron chi connectivity index (χ4n) is 2.37. The van der Waals surface area contributed by atoms with Gasteiger partial charge in [-0.1, -0.05) is 6.08 Å². The Morgan fingerprint density at radius 3 is 2.65 bits per heavy atom. The lowest BCUT2D eigenvalue weighted by Gasteiger charge is -2.30. The van der Waals surface area contributed by atoms with Crippen LogP contribution in [0.1, 0.15) is 25.0 Å². The molecule has 0 unspecified atom stereocenters. The highest BCUT2D eigenvalue weighted by atomic mass is 19.1. The number of halogens is 1. The van der Waals surface area contributed by atoms with Gasteiger partial charge in [0.05, 0.1) is 25.1 Å². The molecule has 3 rings (SSSR count). The molecule has 1 aliphatic heterocycles. The van der Waals surface area contributed by atoms with Crippen LogP contribution >= 0.6 is 0 Å². The normalized spacial score (nSPS) is 22.8. The van der Waals surface area contributed by atoms with E-state index in [0.29, 0.717) is 13.2 Å². The Bertz CT molecular complexity index is 435. The van der Waals surface area contributed by atoms with Crippen molar-refractivity contribution in [3.63, 3.8) is 0 Å². The van der Waals surface area contributed by atoms with Crippen LogP contribution in [-0.2, 0) is 9.47 Å². The van der Waals surface area contributed by atoms with Crippen LogP contribution < -0.4 is 0 Å². The van der Waals surface area contributed by atoms with Crippen molar-refractivity contribution in [3.05, 3.63) is 35.9 Å². The monoisotopic (exact) mass is 235 g/mol. The summed E-state index contributed by atoms with van der Waals surface area (Å²) in [6.45, 7) is 1.36. The van der Waals surface area contributed by atoms with E-state index >= 15 is 0 Å². The number of allylic oxidation sites excluding steroid dienone is 1. The molecular weight excluding hydrogens is 221 g/mol. The van der Waals surface area contributed by atoms with Crippen molar-refractivity contribution in [2.75, 3.05) is 13.2 Å². The van der Waals surface area contributed by atoms with E-state index in [0.717, 1.165) is 30.5 Å². The first kappa shape index (κ1) is 10.9. The number of aromatic nitrogens is 1. The van der Waals surface area contributed by atoms with Crippen molar-refractivity contribution in [3.8, 4) is 0 Å². The summed E-state index contributed by atoms with van der Waals surface area (Å²) in [5, 5.41) is 0. The number of hydrogen-bond donors (Lipinski definition) is 0. The van der Waals surface area contributed by atoms with Gasteiger partial charge in [0.15, 0.2) is 5.79 Å². The summed E-state index contributed by atoms with van der Waals surface area (Å²) in [6, 6.07) is 3.16. The van der Waals surface area contributed by atoms with Gasteiger partial charge in [0.25, 0.3) is 0 Å². The molecule has 1 aliphatic carbocycles.